The van der Waals surface area contributed by atoms with Gasteiger partial charge in [0.15, 0.2) is 0 Å². The molecule has 2 aliphatic heterocycles. The molecule has 0 aliphatic carbocycles. The SMILES string of the molecule is CN1CCCCC1CN1CCN(Cc2ccc(F)cc2)CC1. The van der Waals surface area contributed by atoms with Crippen LogP contribution >= 0.6 is 0 Å². The van der Waals surface area contributed by atoms with Crippen molar-refractivity contribution in [1.82, 2.24) is 14.7 Å². The minimum absolute atomic E-state index is 0.148. The molecule has 0 bridgehead atoms. The summed E-state index contributed by atoms with van der Waals surface area (Å²) in [4.78, 5) is 7.64. The van der Waals surface area contributed by atoms with Gasteiger partial charge in [-0.05, 0) is 44.1 Å². The zero-order valence-corrected chi connectivity index (χ0v) is 13.7. The predicted octanol–water partition coefficient (Wildman–Crippen LogP) is 2.43. The molecule has 1 atom stereocenters. The first-order valence-corrected chi connectivity index (χ1v) is 8.60. The van der Waals surface area contributed by atoms with E-state index in [1.807, 2.05) is 12.1 Å². The zero-order valence-electron chi connectivity index (χ0n) is 13.7. The van der Waals surface area contributed by atoms with Crippen LogP contribution in [0.1, 0.15) is 24.8 Å². The van der Waals surface area contributed by atoms with Crippen LogP contribution < -0.4 is 0 Å². The van der Waals surface area contributed by atoms with E-state index in [1.165, 1.54) is 37.9 Å². The quantitative estimate of drug-likeness (QED) is 0.846. The van der Waals surface area contributed by atoms with E-state index >= 15 is 0 Å². The van der Waals surface area contributed by atoms with Gasteiger partial charge in [0.1, 0.15) is 5.82 Å². The molecule has 0 aromatic heterocycles. The number of likely N-dealkylation sites (tertiary alicyclic amines) is 1. The van der Waals surface area contributed by atoms with Crippen LogP contribution in [-0.2, 0) is 6.54 Å². The first kappa shape index (κ1) is 15.9. The number of hydrogen-bond donors (Lipinski definition) is 0. The van der Waals surface area contributed by atoms with Crippen LogP contribution in [0.15, 0.2) is 24.3 Å². The van der Waals surface area contributed by atoms with E-state index in [9.17, 15) is 4.39 Å². The summed E-state index contributed by atoms with van der Waals surface area (Å²) < 4.78 is 12.9. The summed E-state index contributed by atoms with van der Waals surface area (Å²) in [5.74, 6) is -0.148. The third-order valence-electron chi connectivity index (χ3n) is 5.17. The Bertz CT molecular complexity index is 454. The zero-order chi connectivity index (χ0) is 15.4. The Balaban J connectivity index is 1.43. The molecule has 2 fully saturated rings. The maximum absolute atomic E-state index is 12.9. The first-order chi connectivity index (χ1) is 10.7. The Morgan fingerprint density at radius 2 is 1.64 bits per heavy atom. The van der Waals surface area contributed by atoms with Crippen molar-refractivity contribution in [2.45, 2.75) is 31.8 Å². The summed E-state index contributed by atoms with van der Waals surface area (Å²) >= 11 is 0. The molecule has 22 heavy (non-hydrogen) atoms. The largest absolute Gasteiger partial charge is 0.302 e. The van der Waals surface area contributed by atoms with Crippen LogP contribution in [0.25, 0.3) is 0 Å². The van der Waals surface area contributed by atoms with Crippen LogP contribution in [-0.4, -0.2) is 67.1 Å². The van der Waals surface area contributed by atoms with Gasteiger partial charge in [-0.1, -0.05) is 18.6 Å². The molecule has 0 saturated carbocycles. The molecule has 1 unspecified atom stereocenters. The van der Waals surface area contributed by atoms with Crippen LogP contribution in [0, 0.1) is 5.82 Å². The fourth-order valence-electron chi connectivity index (χ4n) is 3.65. The molecule has 3 rings (SSSR count). The molecule has 2 heterocycles. The summed E-state index contributed by atoms with van der Waals surface area (Å²) in [6, 6.07) is 7.67. The third kappa shape index (κ3) is 4.28. The Hall–Kier alpha value is -0.970. The number of piperidine rings is 1. The van der Waals surface area contributed by atoms with Gasteiger partial charge in [0.2, 0.25) is 0 Å². The molecule has 0 N–H and O–H groups in total. The van der Waals surface area contributed by atoms with E-state index < -0.39 is 0 Å². The minimum atomic E-state index is -0.148. The van der Waals surface area contributed by atoms with Crippen molar-refractivity contribution in [3.05, 3.63) is 35.6 Å². The van der Waals surface area contributed by atoms with Gasteiger partial charge in [0, 0.05) is 45.3 Å². The minimum Gasteiger partial charge on any atom is -0.302 e. The highest BCUT2D eigenvalue weighted by atomic mass is 19.1. The normalized spacial score (nSPS) is 25.5. The molecule has 1 aromatic carbocycles. The Labute approximate surface area is 133 Å². The average molecular weight is 305 g/mol. The monoisotopic (exact) mass is 305 g/mol. The Morgan fingerprint density at radius 1 is 0.955 bits per heavy atom. The van der Waals surface area contributed by atoms with E-state index in [-0.39, 0.29) is 5.82 Å². The van der Waals surface area contributed by atoms with Crippen LogP contribution in [0.2, 0.25) is 0 Å². The molecule has 2 aliphatic rings. The van der Waals surface area contributed by atoms with Crippen molar-refractivity contribution in [1.29, 1.82) is 0 Å². The first-order valence-electron chi connectivity index (χ1n) is 8.60. The number of benzene rings is 1. The van der Waals surface area contributed by atoms with Crippen molar-refractivity contribution in [2.24, 2.45) is 0 Å². The molecular formula is C18H28FN3. The lowest BCUT2D eigenvalue weighted by atomic mass is 10.0. The smallest absolute Gasteiger partial charge is 0.123 e. The van der Waals surface area contributed by atoms with E-state index in [1.54, 1.807) is 12.1 Å². The van der Waals surface area contributed by atoms with E-state index in [0.29, 0.717) is 0 Å². The fraction of sp³-hybridized carbons (Fsp3) is 0.667. The second kappa shape index (κ2) is 7.53. The fourth-order valence-corrected chi connectivity index (χ4v) is 3.65. The van der Waals surface area contributed by atoms with E-state index in [4.69, 9.17) is 0 Å². The van der Waals surface area contributed by atoms with Crippen molar-refractivity contribution in [2.75, 3.05) is 46.3 Å². The highest BCUT2D eigenvalue weighted by Gasteiger charge is 2.24. The maximum atomic E-state index is 12.9. The second-order valence-corrected chi connectivity index (χ2v) is 6.83. The van der Waals surface area contributed by atoms with Gasteiger partial charge >= 0.3 is 0 Å². The van der Waals surface area contributed by atoms with Gasteiger partial charge in [0.05, 0.1) is 0 Å². The molecule has 2 saturated heterocycles. The third-order valence-corrected chi connectivity index (χ3v) is 5.17. The summed E-state index contributed by atoms with van der Waals surface area (Å²) in [6.07, 6.45) is 4.10. The Morgan fingerprint density at radius 3 is 2.32 bits per heavy atom. The van der Waals surface area contributed by atoms with Crippen LogP contribution in [0.5, 0.6) is 0 Å². The van der Waals surface area contributed by atoms with Gasteiger partial charge in [-0.25, -0.2) is 4.39 Å². The highest BCUT2D eigenvalue weighted by Crippen LogP contribution is 2.17. The Kier molecular flexibility index (Phi) is 5.45. The van der Waals surface area contributed by atoms with Gasteiger partial charge in [0.25, 0.3) is 0 Å². The topological polar surface area (TPSA) is 9.72 Å². The van der Waals surface area contributed by atoms with Gasteiger partial charge in [-0.2, -0.15) is 0 Å². The molecular weight excluding hydrogens is 277 g/mol. The molecule has 122 valence electrons. The second-order valence-electron chi connectivity index (χ2n) is 6.83. The van der Waals surface area contributed by atoms with Gasteiger partial charge < -0.3 is 4.90 Å². The molecule has 0 radical (unpaired) electrons. The predicted molar refractivity (Wildman–Crippen MR) is 88.4 cm³/mol. The number of halogens is 1. The molecule has 1 aromatic rings. The van der Waals surface area contributed by atoms with Crippen molar-refractivity contribution in [3.8, 4) is 0 Å². The highest BCUT2D eigenvalue weighted by molar-refractivity contribution is 5.15. The molecule has 3 nitrogen and oxygen atoms in total. The lowest BCUT2D eigenvalue weighted by molar-refractivity contribution is 0.0818. The summed E-state index contributed by atoms with van der Waals surface area (Å²) in [5.41, 5.74) is 1.21. The number of hydrogen-bond acceptors (Lipinski definition) is 3. The maximum Gasteiger partial charge on any atom is 0.123 e. The van der Waals surface area contributed by atoms with Gasteiger partial charge in [-0.15, -0.1) is 0 Å². The van der Waals surface area contributed by atoms with Crippen molar-refractivity contribution >= 4 is 0 Å². The van der Waals surface area contributed by atoms with Gasteiger partial charge in [-0.3, -0.25) is 9.80 Å². The summed E-state index contributed by atoms with van der Waals surface area (Å²) in [5, 5.41) is 0. The summed E-state index contributed by atoms with van der Waals surface area (Å²) in [7, 11) is 2.27. The van der Waals surface area contributed by atoms with E-state index in [0.717, 1.165) is 38.8 Å². The van der Waals surface area contributed by atoms with Crippen molar-refractivity contribution in [3.63, 3.8) is 0 Å². The lowest BCUT2D eigenvalue weighted by Crippen LogP contribution is -2.51. The lowest BCUT2D eigenvalue weighted by Gasteiger charge is -2.40. The number of nitrogens with zero attached hydrogens (tertiary/aromatic N) is 3. The molecule has 0 spiro atoms. The van der Waals surface area contributed by atoms with E-state index in [2.05, 4.69) is 21.7 Å². The standard InChI is InChI=1S/C18H28FN3/c1-20-9-3-2-4-18(20)15-22-12-10-21(11-13-22)14-16-5-7-17(19)8-6-16/h5-8,18H,2-4,9-15H2,1H3. The molecule has 0 amide bonds. The number of piperazine rings is 1. The summed E-state index contributed by atoms with van der Waals surface area (Å²) in [6.45, 7) is 7.98. The number of likely N-dealkylation sites (N-methyl/N-ethyl adjacent to an activating group) is 1. The van der Waals surface area contributed by atoms with Crippen LogP contribution in [0.4, 0.5) is 4.39 Å². The number of rotatable bonds is 4. The van der Waals surface area contributed by atoms with Crippen molar-refractivity contribution < 1.29 is 4.39 Å². The van der Waals surface area contributed by atoms with Crippen LogP contribution in [0.3, 0.4) is 0 Å². The average Bonchev–Trinajstić information content (AvgIpc) is 2.54. The molecule has 4 heteroatoms.